The van der Waals surface area contributed by atoms with E-state index in [1.54, 1.807) is 10.7 Å². The fourth-order valence-corrected chi connectivity index (χ4v) is 2.30. The molecule has 6 heteroatoms. The highest BCUT2D eigenvalue weighted by atomic mass is 35.5. The van der Waals surface area contributed by atoms with Gasteiger partial charge in [-0.2, -0.15) is 5.10 Å². The molecular formula is C16H20ClN3O2. The van der Waals surface area contributed by atoms with Gasteiger partial charge in [0, 0.05) is 12.6 Å². The van der Waals surface area contributed by atoms with Crippen molar-refractivity contribution in [2.45, 2.75) is 26.8 Å². The predicted octanol–water partition coefficient (Wildman–Crippen LogP) is 2.58. The minimum Gasteiger partial charge on any atom is -0.396 e. The Balaban J connectivity index is 2.25. The largest absolute Gasteiger partial charge is 0.396 e. The molecule has 1 amide bonds. The monoisotopic (exact) mass is 321 g/mol. The Bertz CT molecular complexity index is 669. The van der Waals surface area contributed by atoms with Crippen molar-refractivity contribution >= 4 is 17.5 Å². The van der Waals surface area contributed by atoms with E-state index in [4.69, 9.17) is 16.7 Å². The molecule has 0 radical (unpaired) electrons. The number of amides is 1. The lowest BCUT2D eigenvalue weighted by Gasteiger charge is -2.19. The summed E-state index contributed by atoms with van der Waals surface area (Å²) >= 11 is 6.18. The molecule has 2 rings (SSSR count). The third-order valence-electron chi connectivity index (χ3n) is 3.84. The van der Waals surface area contributed by atoms with Gasteiger partial charge < -0.3 is 10.4 Å². The maximum absolute atomic E-state index is 12.3. The molecule has 1 aromatic heterocycles. The summed E-state index contributed by atoms with van der Waals surface area (Å²) in [6.45, 7) is 5.60. The summed E-state index contributed by atoms with van der Waals surface area (Å²) in [5, 5.41) is 16.9. The molecule has 2 unspecified atom stereocenters. The molecule has 0 fully saturated rings. The van der Waals surface area contributed by atoms with E-state index >= 15 is 0 Å². The zero-order chi connectivity index (χ0) is 16.3. The first-order chi connectivity index (χ1) is 10.5. The number of aromatic nitrogens is 2. The van der Waals surface area contributed by atoms with Gasteiger partial charge in [-0.25, -0.2) is 4.68 Å². The summed E-state index contributed by atoms with van der Waals surface area (Å²) in [4.78, 5) is 12.3. The first-order valence-electron chi connectivity index (χ1n) is 7.17. The highest BCUT2D eigenvalue weighted by molar-refractivity contribution is 6.32. The SMILES string of the molecule is Cc1c(C(=O)NC(C)C(C)CO)cnn1-c1ccccc1Cl. The normalized spacial score (nSPS) is 13.7. The van der Waals surface area contributed by atoms with Crippen molar-refractivity contribution in [1.29, 1.82) is 0 Å². The van der Waals surface area contributed by atoms with Gasteiger partial charge in [0.15, 0.2) is 0 Å². The summed E-state index contributed by atoms with van der Waals surface area (Å²) in [6.07, 6.45) is 1.53. The Labute approximate surface area is 134 Å². The molecule has 0 aliphatic heterocycles. The molecule has 22 heavy (non-hydrogen) atoms. The third kappa shape index (κ3) is 3.31. The highest BCUT2D eigenvalue weighted by Gasteiger charge is 2.19. The van der Waals surface area contributed by atoms with Crippen LogP contribution in [-0.2, 0) is 0 Å². The summed E-state index contributed by atoms with van der Waals surface area (Å²) in [6, 6.07) is 7.22. The van der Waals surface area contributed by atoms with Crippen molar-refractivity contribution in [1.82, 2.24) is 15.1 Å². The number of carbonyl (C=O) groups is 1. The van der Waals surface area contributed by atoms with Gasteiger partial charge in [-0.05, 0) is 31.9 Å². The van der Waals surface area contributed by atoms with Gasteiger partial charge in [-0.1, -0.05) is 30.7 Å². The van der Waals surface area contributed by atoms with Crippen LogP contribution in [0.4, 0.5) is 0 Å². The van der Waals surface area contributed by atoms with Crippen LogP contribution in [0.2, 0.25) is 5.02 Å². The molecule has 2 aromatic rings. The summed E-state index contributed by atoms with van der Waals surface area (Å²) < 4.78 is 1.65. The van der Waals surface area contributed by atoms with Crippen LogP contribution in [-0.4, -0.2) is 33.4 Å². The Kier molecular flexibility index (Phi) is 5.21. The van der Waals surface area contributed by atoms with Crippen LogP contribution in [0.15, 0.2) is 30.5 Å². The number of aliphatic hydroxyl groups is 1. The molecule has 0 bridgehead atoms. The Morgan fingerprint density at radius 3 is 2.73 bits per heavy atom. The van der Waals surface area contributed by atoms with Crippen molar-refractivity contribution in [3.8, 4) is 5.69 Å². The van der Waals surface area contributed by atoms with Gasteiger partial charge in [0.1, 0.15) is 0 Å². The fraction of sp³-hybridized carbons (Fsp3) is 0.375. The number of carbonyl (C=O) groups excluding carboxylic acids is 1. The zero-order valence-electron chi connectivity index (χ0n) is 12.9. The summed E-state index contributed by atoms with van der Waals surface area (Å²) in [7, 11) is 0. The van der Waals surface area contributed by atoms with Gasteiger partial charge >= 0.3 is 0 Å². The van der Waals surface area contributed by atoms with Crippen LogP contribution in [0.3, 0.4) is 0 Å². The van der Waals surface area contributed by atoms with Crippen LogP contribution >= 0.6 is 11.6 Å². The van der Waals surface area contributed by atoms with E-state index in [0.717, 1.165) is 11.4 Å². The molecule has 0 aliphatic rings. The number of aliphatic hydroxyl groups excluding tert-OH is 1. The fourth-order valence-electron chi connectivity index (χ4n) is 2.08. The van der Waals surface area contributed by atoms with Crippen molar-refractivity contribution in [3.05, 3.63) is 46.7 Å². The lowest BCUT2D eigenvalue weighted by molar-refractivity contribution is 0.0915. The van der Waals surface area contributed by atoms with Gasteiger partial charge in [-0.15, -0.1) is 0 Å². The Morgan fingerprint density at radius 2 is 2.09 bits per heavy atom. The number of hydrogen-bond donors (Lipinski definition) is 2. The van der Waals surface area contributed by atoms with Crippen LogP contribution < -0.4 is 5.32 Å². The van der Waals surface area contributed by atoms with E-state index in [0.29, 0.717) is 10.6 Å². The molecule has 0 spiro atoms. The second-order valence-electron chi connectivity index (χ2n) is 5.43. The van der Waals surface area contributed by atoms with Crippen molar-refractivity contribution < 1.29 is 9.90 Å². The molecule has 2 N–H and O–H groups in total. The van der Waals surface area contributed by atoms with Crippen molar-refractivity contribution in [2.75, 3.05) is 6.61 Å². The van der Waals surface area contributed by atoms with Gasteiger partial charge in [0.2, 0.25) is 0 Å². The van der Waals surface area contributed by atoms with Crippen LogP contribution in [0.25, 0.3) is 5.69 Å². The lowest BCUT2D eigenvalue weighted by Crippen LogP contribution is -2.38. The minimum absolute atomic E-state index is 0.0112. The molecule has 0 aliphatic carbocycles. The first kappa shape index (κ1) is 16.5. The minimum atomic E-state index is -0.205. The molecule has 2 atom stereocenters. The number of hydrogen-bond acceptors (Lipinski definition) is 3. The topological polar surface area (TPSA) is 67.2 Å². The number of halogens is 1. The molecule has 1 aromatic carbocycles. The molecular weight excluding hydrogens is 302 g/mol. The van der Waals surface area contributed by atoms with E-state index in [9.17, 15) is 4.79 Å². The van der Waals surface area contributed by atoms with Gasteiger partial charge in [-0.3, -0.25) is 4.79 Å². The molecule has 1 heterocycles. The van der Waals surface area contributed by atoms with E-state index in [-0.39, 0.29) is 24.5 Å². The molecule has 5 nitrogen and oxygen atoms in total. The number of rotatable bonds is 5. The number of benzene rings is 1. The van der Waals surface area contributed by atoms with Crippen LogP contribution in [0.1, 0.15) is 29.9 Å². The van der Waals surface area contributed by atoms with E-state index in [2.05, 4.69) is 10.4 Å². The Morgan fingerprint density at radius 1 is 1.41 bits per heavy atom. The van der Waals surface area contributed by atoms with Crippen LogP contribution in [0, 0.1) is 12.8 Å². The lowest BCUT2D eigenvalue weighted by atomic mass is 10.0. The van der Waals surface area contributed by atoms with E-state index in [1.165, 1.54) is 6.20 Å². The zero-order valence-corrected chi connectivity index (χ0v) is 13.6. The average Bonchev–Trinajstić information content (AvgIpc) is 2.88. The van der Waals surface area contributed by atoms with Crippen LogP contribution in [0.5, 0.6) is 0 Å². The predicted molar refractivity (Wildman–Crippen MR) is 86.5 cm³/mol. The maximum Gasteiger partial charge on any atom is 0.254 e. The standard InChI is InChI=1S/C16H20ClN3O2/c1-10(9-21)11(2)19-16(22)13-8-18-20(12(13)3)15-7-5-4-6-14(15)17/h4-8,10-11,21H,9H2,1-3H3,(H,19,22). The van der Waals surface area contributed by atoms with Crippen molar-refractivity contribution in [2.24, 2.45) is 5.92 Å². The third-order valence-corrected chi connectivity index (χ3v) is 4.15. The quantitative estimate of drug-likeness (QED) is 0.889. The second-order valence-corrected chi connectivity index (χ2v) is 5.84. The number of nitrogens with one attached hydrogen (secondary N) is 1. The first-order valence-corrected chi connectivity index (χ1v) is 7.54. The number of nitrogens with zero attached hydrogens (tertiary/aromatic N) is 2. The number of para-hydroxylation sites is 1. The highest BCUT2D eigenvalue weighted by Crippen LogP contribution is 2.22. The summed E-state index contributed by atoms with van der Waals surface area (Å²) in [5.74, 6) is -0.216. The van der Waals surface area contributed by atoms with Gasteiger partial charge in [0.25, 0.3) is 5.91 Å². The average molecular weight is 322 g/mol. The van der Waals surface area contributed by atoms with Crippen molar-refractivity contribution in [3.63, 3.8) is 0 Å². The Hall–Kier alpha value is -1.85. The maximum atomic E-state index is 12.3. The van der Waals surface area contributed by atoms with E-state index < -0.39 is 0 Å². The summed E-state index contributed by atoms with van der Waals surface area (Å²) in [5.41, 5.74) is 1.95. The molecule has 0 saturated carbocycles. The smallest absolute Gasteiger partial charge is 0.254 e. The van der Waals surface area contributed by atoms with E-state index in [1.807, 2.05) is 39.0 Å². The molecule has 0 saturated heterocycles. The van der Waals surface area contributed by atoms with Gasteiger partial charge in [0.05, 0.1) is 28.2 Å². The second kappa shape index (κ2) is 6.94. The molecule has 118 valence electrons.